The molecular weight excluding hydrogens is 354 g/mol. The predicted octanol–water partition coefficient (Wildman–Crippen LogP) is 2.52. The number of hydrogen-bond donors (Lipinski definition) is 3. The molecule has 3 amide bonds. The van der Waals surface area contributed by atoms with E-state index in [9.17, 15) is 9.59 Å². The van der Waals surface area contributed by atoms with E-state index in [4.69, 9.17) is 5.73 Å². The average Bonchev–Trinajstić information content (AvgIpc) is 3.54. The number of nitrogens with two attached hydrogens (primary N) is 1. The first-order valence-electron chi connectivity index (χ1n) is 10.6. The summed E-state index contributed by atoms with van der Waals surface area (Å²) in [6.45, 7) is 4.05. The largest absolute Gasteiger partial charge is 0.370 e. The van der Waals surface area contributed by atoms with Crippen molar-refractivity contribution in [2.45, 2.75) is 57.0 Å². The molecule has 4 N–H and O–H groups in total. The van der Waals surface area contributed by atoms with E-state index in [0.717, 1.165) is 63.6 Å². The van der Waals surface area contributed by atoms with Crippen molar-refractivity contribution in [1.29, 1.82) is 0 Å². The number of likely N-dealkylation sites (tertiary alicyclic amines) is 1. The standard InChI is InChI=1S/C21H31N5O2/c22-20(27)15-4-7-19(26-10-2-1-3-11-26)18(14-15)24-21(28)23-16-8-12-25(13-9-16)17-5-6-17/h4,7,14,16-17H,1-3,5-6,8-13H2,(H2,22,27)(H2,23,24,28). The quantitative estimate of drug-likeness (QED) is 0.726. The number of carbonyl (C=O) groups is 2. The molecule has 2 aliphatic heterocycles. The van der Waals surface area contributed by atoms with Crippen molar-refractivity contribution in [3.05, 3.63) is 23.8 Å². The number of benzene rings is 1. The number of amides is 3. The number of nitrogens with one attached hydrogen (secondary N) is 2. The average molecular weight is 386 g/mol. The Morgan fingerprint density at radius 3 is 2.32 bits per heavy atom. The van der Waals surface area contributed by atoms with E-state index in [2.05, 4.69) is 20.4 Å². The van der Waals surface area contributed by atoms with Crippen LogP contribution in [0.1, 0.15) is 55.3 Å². The fraction of sp³-hybridized carbons (Fsp3) is 0.619. The lowest BCUT2D eigenvalue weighted by Gasteiger charge is -2.33. The van der Waals surface area contributed by atoms with Crippen LogP contribution in [0.3, 0.4) is 0 Å². The van der Waals surface area contributed by atoms with E-state index in [1.54, 1.807) is 12.1 Å². The molecule has 1 saturated carbocycles. The molecular formula is C21H31N5O2. The monoisotopic (exact) mass is 385 g/mol. The number of rotatable bonds is 5. The molecule has 28 heavy (non-hydrogen) atoms. The van der Waals surface area contributed by atoms with E-state index < -0.39 is 5.91 Å². The first-order chi connectivity index (χ1) is 13.6. The minimum atomic E-state index is -0.485. The van der Waals surface area contributed by atoms with Crippen LogP contribution in [0.5, 0.6) is 0 Å². The van der Waals surface area contributed by atoms with Gasteiger partial charge < -0.3 is 26.2 Å². The van der Waals surface area contributed by atoms with Gasteiger partial charge in [-0.25, -0.2) is 4.79 Å². The molecule has 7 nitrogen and oxygen atoms in total. The van der Waals surface area contributed by atoms with E-state index in [-0.39, 0.29) is 12.1 Å². The Labute approximate surface area is 166 Å². The summed E-state index contributed by atoms with van der Waals surface area (Å²) in [6, 6.07) is 6.12. The summed E-state index contributed by atoms with van der Waals surface area (Å²) < 4.78 is 0. The number of carbonyl (C=O) groups excluding carboxylic acids is 2. The van der Waals surface area contributed by atoms with E-state index in [0.29, 0.717) is 11.3 Å². The van der Waals surface area contributed by atoms with Gasteiger partial charge in [0.15, 0.2) is 0 Å². The second-order valence-electron chi connectivity index (χ2n) is 8.28. The summed E-state index contributed by atoms with van der Waals surface area (Å²) in [5, 5.41) is 6.10. The molecule has 0 bridgehead atoms. The zero-order chi connectivity index (χ0) is 19.5. The molecule has 4 rings (SSSR count). The Bertz CT molecular complexity index is 720. The highest BCUT2D eigenvalue weighted by molar-refractivity contribution is 5.99. The van der Waals surface area contributed by atoms with Gasteiger partial charge in [0.1, 0.15) is 0 Å². The van der Waals surface area contributed by atoms with Gasteiger partial charge in [0.25, 0.3) is 0 Å². The van der Waals surface area contributed by atoms with Crippen LogP contribution in [0.25, 0.3) is 0 Å². The Kier molecular flexibility index (Phi) is 5.71. The van der Waals surface area contributed by atoms with E-state index in [1.165, 1.54) is 19.3 Å². The van der Waals surface area contributed by atoms with E-state index in [1.807, 2.05) is 6.07 Å². The molecule has 0 aromatic heterocycles. The van der Waals surface area contributed by atoms with Crippen LogP contribution in [0.15, 0.2) is 18.2 Å². The summed E-state index contributed by atoms with van der Waals surface area (Å²) in [5.74, 6) is -0.485. The molecule has 0 unspecified atom stereocenters. The van der Waals surface area contributed by atoms with Gasteiger partial charge >= 0.3 is 6.03 Å². The minimum absolute atomic E-state index is 0.202. The molecule has 3 fully saturated rings. The van der Waals surface area contributed by atoms with Crippen molar-refractivity contribution in [3.63, 3.8) is 0 Å². The van der Waals surface area contributed by atoms with Gasteiger partial charge in [0, 0.05) is 43.8 Å². The summed E-state index contributed by atoms with van der Waals surface area (Å²) in [7, 11) is 0. The fourth-order valence-corrected chi connectivity index (χ4v) is 4.39. The summed E-state index contributed by atoms with van der Waals surface area (Å²) in [6.07, 6.45) is 8.15. The number of hydrogen-bond acceptors (Lipinski definition) is 4. The number of piperidine rings is 2. The third kappa shape index (κ3) is 4.58. The molecule has 2 saturated heterocycles. The van der Waals surface area contributed by atoms with Gasteiger partial charge in [-0.2, -0.15) is 0 Å². The molecule has 152 valence electrons. The lowest BCUT2D eigenvalue weighted by Crippen LogP contribution is -2.46. The zero-order valence-corrected chi connectivity index (χ0v) is 16.5. The van der Waals surface area contributed by atoms with Gasteiger partial charge in [-0.15, -0.1) is 0 Å². The molecule has 0 atom stereocenters. The summed E-state index contributed by atoms with van der Waals surface area (Å²) in [5.41, 5.74) is 7.48. The highest BCUT2D eigenvalue weighted by Crippen LogP contribution is 2.31. The summed E-state index contributed by atoms with van der Waals surface area (Å²) in [4.78, 5) is 29.1. The molecule has 1 aliphatic carbocycles. The highest BCUT2D eigenvalue weighted by atomic mass is 16.2. The molecule has 3 aliphatic rings. The second kappa shape index (κ2) is 8.39. The molecule has 1 aromatic rings. The van der Waals surface area contributed by atoms with Gasteiger partial charge in [-0.3, -0.25) is 4.79 Å². The third-order valence-electron chi connectivity index (χ3n) is 6.15. The van der Waals surface area contributed by atoms with Crippen molar-refractivity contribution >= 4 is 23.3 Å². The van der Waals surface area contributed by atoms with Gasteiger partial charge in [0.05, 0.1) is 11.4 Å². The number of primary amides is 1. The normalized spacial score (nSPS) is 21.4. The van der Waals surface area contributed by atoms with Crippen molar-refractivity contribution in [2.75, 3.05) is 36.4 Å². The first kappa shape index (κ1) is 19.1. The van der Waals surface area contributed by atoms with E-state index >= 15 is 0 Å². The maximum absolute atomic E-state index is 12.7. The Balaban J connectivity index is 1.40. The van der Waals surface area contributed by atoms with Gasteiger partial charge in [0.2, 0.25) is 5.91 Å². The lowest BCUT2D eigenvalue weighted by molar-refractivity contribution is 0.1000. The van der Waals surface area contributed by atoms with Crippen LogP contribution in [0.4, 0.5) is 16.2 Å². The van der Waals surface area contributed by atoms with Crippen molar-refractivity contribution < 1.29 is 9.59 Å². The SMILES string of the molecule is NC(=O)c1ccc(N2CCCCC2)c(NC(=O)NC2CCN(C3CC3)CC2)c1. The fourth-order valence-electron chi connectivity index (χ4n) is 4.39. The second-order valence-corrected chi connectivity index (χ2v) is 8.28. The van der Waals surface area contributed by atoms with Crippen LogP contribution in [-0.4, -0.2) is 55.1 Å². The Morgan fingerprint density at radius 1 is 0.964 bits per heavy atom. The molecule has 2 heterocycles. The van der Waals surface area contributed by atoms with Crippen LogP contribution in [-0.2, 0) is 0 Å². The Morgan fingerprint density at radius 2 is 1.68 bits per heavy atom. The first-order valence-corrected chi connectivity index (χ1v) is 10.6. The smallest absolute Gasteiger partial charge is 0.319 e. The topological polar surface area (TPSA) is 90.7 Å². The maximum atomic E-state index is 12.7. The molecule has 1 aromatic carbocycles. The van der Waals surface area contributed by atoms with Crippen molar-refractivity contribution in [1.82, 2.24) is 10.2 Å². The predicted molar refractivity (Wildman–Crippen MR) is 111 cm³/mol. The molecule has 0 radical (unpaired) electrons. The van der Waals surface area contributed by atoms with Crippen molar-refractivity contribution in [3.8, 4) is 0 Å². The lowest BCUT2D eigenvalue weighted by atomic mass is 10.1. The van der Waals surface area contributed by atoms with Crippen LogP contribution < -0.4 is 21.3 Å². The van der Waals surface area contributed by atoms with Crippen LogP contribution in [0, 0.1) is 0 Å². The van der Waals surface area contributed by atoms with Gasteiger partial charge in [-0.1, -0.05) is 0 Å². The number of nitrogens with zero attached hydrogens (tertiary/aromatic N) is 2. The molecule has 7 heteroatoms. The summed E-state index contributed by atoms with van der Waals surface area (Å²) >= 11 is 0. The zero-order valence-electron chi connectivity index (χ0n) is 16.5. The number of urea groups is 1. The maximum Gasteiger partial charge on any atom is 0.319 e. The van der Waals surface area contributed by atoms with Crippen LogP contribution in [0.2, 0.25) is 0 Å². The third-order valence-corrected chi connectivity index (χ3v) is 6.15. The highest BCUT2D eigenvalue weighted by Gasteiger charge is 2.32. The van der Waals surface area contributed by atoms with Gasteiger partial charge in [-0.05, 0) is 63.1 Å². The number of anilines is 2. The minimum Gasteiger partial charge on any atom is -0.370 e. The van der Waals surface area contributed by atoms with Crippen molar-refractivity contribution in [2.24, 2.45) is 5.73 Å². The molecule has 0 spiro atoms. The Hall–Kier alpha value is -2.28. The van der Waals surface area contributed by atoms with Crippen LogP contribution >= 0.6 is 0 Å².